The Balaban J connectivity index is 1.30. The third kappa shape index (κ3) is 3.50. The van der Waals surface area contributed by atoms with E-state index >= 15 is 0 Å². The third-order valence-electron chi connectivity index (χ3n) is 4.79. The smallest absolute Gasteiger partial charge is 0.253 e. The topological polar surface area (TPSA) is 66.2 Å². The Hall–Kier alpha value is -1.88. The zero-order chi connectivity index (χ0) is 18.1. The van der Waals surface area contributed by atoms with Crippen LogP contribution in [0.25, 0.3) is 0 Å². The van der Waals surface area contributed by atoms with Gasteiger partial charge in [0.25, 0.3) is 5.91 Å². The van der Waals surface area contributed by atoms with Gasteiger partial charge in [0.15, 0.2) is 0 Å². The van der Waals surface area contributed by atoms with Crippen LogP contribution >= 0.6 is 23.1 Å². The summed E-state index contributed by atoms with van der Waals surface area (Å²) >= 11 is 3.56. The van der Waals surface area contributed by atoms with E-state index in [1.807, 2.05) is 29.0 Å². The molecule has 1 atom stereocenters. The number of carbonyl (C=O) groups is 1. The number of amides is 1. The Morgan fingerprint density at radius 3 is 3.08 bits per heavy atom. The second-order valence-electron chi connectivity index (χ2n) is 6.84. The Labute approximate surface area is 161 Å². The molecule has 3 heterocycles. The fourth-order valence-electron chi connectivity index (χ4n) is 3.50. The molecule has 5 nitrogen and oxygen atoms in total. The number of benzene rings is 1. The Kier molecular flexibility index (Phi) is 4.74. The van der Waals surface area contributed by atoms with E-state index in [4.69, 9.17) is 10.00 Å². The van der Waals surface area contributed by atoms with Gasteiger partial charge in [-0.1, -0.05) is 6.07 Å². The summed E-state index contributed by atoms with van der Waals surface area (Å²) in [7, 11) is 0. The van der Waals surface area contributed by atoms with Gasteiger partial charge in [-0.3, -0.25) is 4.79 Å². The monoisotopic (exact) mass is 385 g/mol. The quantitative estimate of drug-likeness (QED) is 0.808. The van der Waals surface area contributed by atoms with E-state index in [-0.39, 0.29) is 16.8 Å². The van der Waals surface area contributed by atoms with Crippen LogP contribution < -0.4 is 0 Å². The van der Waals surface area contributed by atoms with Crippen molar-refractivity contribution in [2.24, 2.45) is 0 Å². The largest absolute Gasteiger partial charge is 0.371 e. The average Bonchev–Trinajstić information content (AvgIpc) is 3.24. The Morgan fingerprint density at radius 2 is 2.35 bits per heavy atom. The standard InChI is InChI=1S/C19H19N3O2S2/c1-13-21-16(9-25-13)8-24-17-6-19(26-10-17)11-22(12-19)18(23)15-4-2-3-14(5-15)7-20/h2-5,9,17H,6,8,10-12H2,1H3. The van der Waals surface area contributed by atoms with E-state index < -0.39 is 0 Å². The molecular weight excluding hydrogens is 366 g/mol. The highest BCUT2D eigenvalue weighted by Crippen LogP contribution is 2.46. The van der Waals surface area contributed by atoms with Crippen molar-refractivity contribution in [1.82, 2.24) is 9.88 Å². The van der Waals surface area contributed by atoms with Crippen LogP contribution in [0.5, 0.6) is 0 Å². The van der Waals surface area contributed by atoms with Gasteiger partial charge in [-0.2, -0.15) is 5.26 Å². The van der Waals surface area contributed by atoms with Crippen molar-refractivity contribution in [3.05, 3.63) is 51.5 Å². The number of aromatic nitrogens is 1. The van der Waals surface area contributed by atoms with Crippen molar-refractivity contribution in [3.8, 4) is 6.07 Å². The lowest BCUT2D eigenvalue weighted by Gasteiger charge is -2.47. The summed E-state index contributed by atoms with van der Waals surface area (Å²) in [5, 5.41) is 12.1. The SMILES string of the molecule is Cc1nc(COC2CSC3(C2)CN(C(=O)c2cccc(C#N)c2)C3)cs1. The molecule has 134 valence electrons. The first-order chi connectivity index (χ1) is 12.6. The minimum absolute atomic E-state index is 0.00985. The van der Waals surface area contributed by atoms with Crippen molar-refractivity contribution in [2.75, 3.05) is 18.8 Å². The second-order valence-corrected chi connectivity index (χ2v) is 9.39. The number of thioether (sulfide) groups is 1. The normalized spacial score (nSPS) is 20.8. The number of likely N-dealkylation sites (tertiary alicyclic amines) is 1. The lowest BCUT2D eigenvalue weighted by atomic mass is 9.92. The molecular formula is C19H19N3O2S2. The van der Waals surface area contributed by atoms with E-state index in [0.29, 0.717) is 17.7 Å². The molecule has 2 aliphatic rings. The summed E-state index contributed by atoms with van der Waals surface area (Å²) in [6.07, 6.45) is 1.20. The first-order valence-corrected chi connectivity index (χ1v) is 10.4. The van der Waals surface area contributed by atoms with Gasteiger partial charge in [0.1, 0.15) is 0 Å². The fourth-order valence-corrected chi connectivity index (χ4v) is 5.65. The van der Waals surface area contributed by atoms with Crippen LogP contribution in [-0.4, -0.2) is 45.5 Å². The molecule has 2 aromatic rings. The molecule has 2 aliphatic heterocycles. The van der Waals surface area contributed by atoms with Gasteiger partial charge in [0.05, 0.1) is 39.8 Å². The first kappa shape index (κ1) is 17.5. The summed E-state index contributed by atoms with van der Waals surface area (Å²) in [5.74, 6) is 0.977. The summed E-state index contributed by atoms with van der Waals surface area (Å²) in [6, 6.07) is 9.00. The van der Waals surface area contributed by atoms with Gasteiger partial charge in [-0.25, -0.2) is 4.98 Å². The summed E-state index contributed by atoms with van der Waals surface area (Å²) in [5.41, 5.74) is 2.11. The molecule has 1 aromatic heterocycles. The van der Waals surface area contributed by atoms with Crippen LogP contribution in [-0.2, 0) is 11.3 Å². The van der Waals surface area contributed by atoms with E-state index in [1.165, 1.54) is 0 Å². The van der Waals surface area contributed by atoms with E-state index in [9.17, 15) is 4.79 Å². The van der Waals surface area contributed by atoms with Crippen LogP contribution in [0.3, 0.4) is 0 Å². The van der Waals surface area contributed by atoms with Gasteiger partial charge < -0.3 is 9.64 Å². The lowest BCUT2D eigenvalue weighted by molar-refractivity contribution is 0.0246. The molecule has 1 aromatic carbocycles. The molecule has 7 heteroatoms. The first-order valence-electron chi connectivity index (χ1n) is 8.53. The highest BCUT2D eigenvalue weighted by molar-refractivity contribution is 8.01. The Bertz CT molecular complexity index is 868. The summed E-state index contributed by atoms with van der Waals surface area (Å²) < 4.78 is 6.16. The van der Waals surface area contributed by atoms with Crippen LogP contribution in [0, 0.1) is 18.3 Å². The molecule has 2 fully saturated rings. The third-order valence-corrected chi connectivity index (χ3v) is 7.19. The predicted octanol–water partition coefficient (Wildman–Crippen LogP) is 3.24. The average molecular weight is 386 g/mol. The minimum atomic E-state index is 0.00985. The molecule has 1 spiro atoms. The Morgan fingerprint density at radius 1 is 1.50 bits per heavy atom. The maximum Gasteiger partial charge on any atom is 0.253 e. The van der Waals surface area contributed by atoms with Crippen molar-refractivity contribution in [1.29, 1.82) is 5.26 Å². The highest BCUT2D eigenvalue weighted by Gasteiger charge is 2.51. The van der Waals surface area contributed by atoms with Crippen LogP contribution in [0.2, 0.25) is 0 Å². The van der Waals surface area contributed by atoms with Gasteiger partial charge in [-0.05, 0) is 31.5 Å². The number of thiazole rings is 1. The number of nitriles is 1. The number of carbonyl (C=O) groups excluding carboxylic acids is 1. The number of rotatable bonds is 4. The van der Waals surface area contributed by atoms with Crippen LogP contribution in [0.1, 0.15) is 33.0 Å². The molecule has 1 amide bonds. The molecule has 1 unspecified atom stereocenters. The van der Waals surface area contributed by atoms with Gasteiger partial charge >= 0.3 is 0 Å². The molecule has 0 saturated carbocycles. The van der Waals surface area contributed by atoms with Gasteiger partial charge in [0, 0.05) is 29.8 Å². The van der Waals surface area contributed by atoms with E-state index in [2.05, 4.69) is 11.1 Å². The molecule has 0 N–H and O–H groups in total. The van der Waals surface area contributed by atoms with Crippen LogP contribution in [0.4, 0.5) is 0 Å². The fraction of sp³-hybridized carbons (Fsp3) is 0.421. The van der Waals surface area contributed by atoms with E-state index in [0.717, 1.165) is 36.0 Å². The predicted molar refractivity (Wildman–Crippen MR) is 102 cm³/mol. The molecule has 0 aliphatic carbocycles. The number of aryl methyl sites for hydroxylation is 1. The maximum atomic E-state index is 12.6. The maximum absolute atomic E-state index is 12.6. The number of hydrogen-bond acceptors (Lipinski definition) is 6. The zero-order valence-electron chi connectivity index (χ0n) is 14.5. The molecule has 2 saturated heterocycles. The molecule has 26 heavy (non-hydrogen) atoms. The molecule has 4 rings (SSSR count). The number of ether oxygens (including phenoxy) is 1. The number of hydrogen-bond donors (Lipinski definition) is 0. The van der Waals surface area contributed by atoms with Crippen molar-refractivity contribution >= 4 is 29.0 Å². The lowest BCUT2D eigenvalue weighted by Crippen LogP contribution is -2.60. The molecule has 0 bridgehead atoms. The molecule has 0 radical (unpaired) electrons. The number of nitrogens with zero attached hydrogens (tertiary/aromatic N) is 3. The van der Waals surface area contributed by atoms with Gasteiger partial charge in [-0.15, -0.1) is 23.1 Å². The van der Waals surface area contributed by atoms with Crippen molar-refractivity contribution in [3.63, 3.8) is 0 Å². The summed E-state index contributed by atoms with van der Waals surface area (Å²) in [4.78, 5) is 18.9. The summed E-state index contributed by atoms with van der Waals surface area (Å²) in [6.45, 7) is 4.07. The minimum Gasteiger partial charge on any atom is -0.371 e. The van der Waals surface area contributed by atoms with Crippen LogP contribution in [0.15, 0.2) is 29.6 Å². The highest BCUT2D eigenvalue weighted by atomic mass is 32.2. The van der Waals surface area contributed by atoms with Crippen molar-refractivity contribution < 1.29 is 9.53 Å². The van der Waals surface area contributed by atoms with Crippen molar-refractivity contribution in [2.45, 2.75) is 30.8 Å². The second kappa shape index (κ2) is 7.03. The van der Waals surface area contributed by atoms with Gasteiger partial charge in [0.2, 0.25) is 0 Å². The zero-order valence-corrected chi connectivity index (χ0v) is 16.1. The van der Waals surface area contributed by atoms with E-state index in [1.54, 1.807) is 35.6 Å².